The zero-order chi connectivity index (χ0) is 25.6. The van der Waals surface area contributed by atoms with E-state index in [4.69, 9.17) is 9.72 Å². The number of para-hydroxylation sites is 1. The van der Waals surface area contributed by atoms with Crippen molar-refractivity contribution in [1.29, 1.82) is 0 Å². The summed E-state index contributed by atoms with van der Waals surface area (Å²) in [5.41, 5.74) is 9.14. The second kappa shape index (κ2) is 9.38. The molecule has 0 bridgehead atoms. The number of hydrogen-bond acceptors (Lipinski definition) is 4. The molecule has 1 aliphatic rings. The summed E-state index contributed by atoms with van der Waals surface area (Å²) >= 11 is 0. The van der Waals surface area contributed by atoms with E-state index in [-0.39, 0.29) is 12.4 Å². The van der Waals surface area contributed by atoms with E-state index < -0.39 is 5.97 Å². The van der Waals surface area contributed by atoms with Gasteiger partial charge in [-0.3, -0.25) is 9.78 Å². The molecule has 5 nitrogen and oxygen atoms in total. The third-order valence-electron chi connectivity index (χ3n) is 7.52. The number of aromatic nitrogens is 2. The van der Waals surface area contributed by atoms with Crippen LogP contribution < -0.4 is 0 Å². The Morgan fingerprint density at radius 2 is 1.81 bits per heavy atom. The molecule has 184 valence electrons. The Morgan fingerprint density at radius 1 is 1.03 bits per heavy atom. The highest BCUT2D eigenvalue weighted by atomic mass is 16.5. The summed E-state index contributed by atoms with van der Waals surface area (Å²) in [6.45, 7) is 9.99. The van der Waals surface area contributed by atoms with Crippen molar-refractivity contribution in [3.8, 4) is 5.69 Å². The minimum absolute atomic E-state index is 0.202. The molecule has 0 radical (unpaired) electrons. The molecule has 0 saturated heterocycles. The number of fused-ring (bicyclic) bond motifs is 2. The number of Topliss-reactive ketones (excluding diaryl/α,β-unsaturated/α-hetero) is 1. The van der Waals surface area contributed by atoms with Gasteiger partial charge in [0.05, 0.1) is 11.1 Å². The smallest absolute Gasteiger partial charge is 0.339 e. The Hall–Kier alpha value is -3.73. The Labute approximate surface area is 212 Å². The number of rotatable bonds is 5. The summed E-state index contributed by atoms with van der Waals surface area (Å²) in [5.74, 6) is -0.174. The highest BCUT2D eigenvalue weighted by Gasteiger charge is 2.27. The third-order valence-corrected chi connectivity index (χ3v) is 7.52. The average Bonchev–Trinajstić information content (AvgIpc) is 3.16. The molecule has 5 heteroatoms. The highest BCUT2D eigenvalue weighted by molar-refractivity contribution is 6.06. The predicted molar refractivity (Wildman–Crippen MR) is 142 cm³/mol. The van der Waals surface area contributed by atoms with Crippen LogP contribution in [0, 0.1) is 33.6 Å². The molecule has 0 amide bonds. The van der Waals surface area contributed by atoms with Crippen LogP contribution in [0.3, 0.4) is 0 Å². The van der Waals surface area contributed by atoms with Gasteiger partial charge in [0, 0.05) is 33.7 Å². The lowest BCUT2D eigenvalue weighted by atomic mass is 9.84. The molecule has 1 unspecified atom stereocenters. The van der Waals surface area contributed by atoms with Gasteiger partial charge in [-0.25, -0.2) is 4.79 Å². The molecule has 0 N–H and O–H groups in total. The normalized spacial score (nSPS) is 15.1. The molecule has 2 aromatic heterocycles. The molecule has 2 heterocycles. The first-order valence-corrected chi connectivity index (χ1v) is 12.6. The molecule has 0 saturated carbocycles. The van der Waals surface area contributed by atoms with Crippen molar-refractivity contribution in [2.24, 2.45) is 5.92 Å². The Balaban J connectivity index is 1.42. The molecule has 0 spiro atoms. The molecule has 36 heavy (non-hydrogen) atoms. The molecular formula is C31H32N2O3. The maximum atomic E-state index is 13.4. The average molecular weight is 481 g/mol. The minimum atomic E-state index is -0.449. The van der Waals surface area contributed by atoms with Crippen LogP contribution in [-0.2, 0) is 17.6 Å². The quantitative estimate of drug-likeness (QED) is 0.244. The number of carbonyl (C=O) groups is 2. The van der Waals surface area contributed by atoms with E-state index in [1.807, 2.05) is 44.2 Å². The SMILES string of the molecule is Cc1ccc(-n2c(C)cc(C(=O)COC(=O)c3c4c(nc5ccccc35)CCC(C)C4)c2C)cc1C. The largest absolute Gasteiger partial charge is 0.454 e. The van der Waals surface area contributed by atoms with Crippen molar-refractivity contribution in [2.75, 3.05) is 6.61 Å². The lowest BCUT2D eigenvalue weighted by Gasteiger charge is -2.24. The van der Waals surface area contributed by atoms with Crippen molar-refractivity contribution >= 4 is 22.7 Å². The van der Waals surface area contributed by atoms with Gasteiger partial charge in [0.15, 0.2) is 6.61 Å². The van der Waals surface area contributed by atoms with E-state index >= 15 is 0 Å². The van der Waals surface area contributed by atoms with Crippen LogP contribution in [0.5, 0.6) is 0 Å². The maximum absolute atomic E-state index is 13.4. The van der Waals surface area contributed by atoms with E-state index in [0.29, 0.717) is 17.0 Å². The summed E-state index contributed by atoms with van der Waals surface area (Å²) < 4.78 is 7.75. The van der Waals surface area contributed by atoms with Crippen molar-refractivity contribution in [3.05, 3.63) is 93.4 Å². The number of nitrogens with zero attached hydrogens (tertiary/aromatic N) is 2. The van der Waals surface area contributed by atoms with Crippen molar-refractivity contribution in [1.82, 2.24) is 9.55 Å². The first kappa shape index (κ1) is 24.0. The van der Waals surface area contributed by atoms with E-state index in [9.17, 15) is 9.59 Å². The van der Waals surface area contributed by atoms with E-state index in [0.717, 1.165) is 58.5 Å². The topological polar surface area (TPSA) is 61.2 Å². The Kier molecular flexibility index (Phi) is 6.25. The monoisotopic (exact) mass is 480 g/mol. The summed E-state index contributed by atoms with van der Waals surface area (Å²) in [6, 6.07) is 15.8. The van der Waals surface area contributed by atoms with E-state index in [1.165, 1.54) is 11.1 Å². The van der Waals surface area contributed by atoms with Crippen molar-refractivity contribution in [3.63, 3.8) is 0 Å². The fourth-order valence-electron chi connectivity index (χ4n) is 5.38. The Bertz CT molecular complexity index is 1510. The second-order valence-electron chi connectivity index (χ2n) is 10.2. The lowest BCUT2D eigenvalue weighted by molar-refractivity contribution is 0.0475. The zero-order valence-electron chi connectivity index (χ0n) is 21.6. The Morgan fingerprint density at radius 3 is 2.58 bits per heavy atom. The van der Waals surface area contributed by atoms with Gasteiger partial charge in [-0.15, -0.1) is 0 Å². The standard InChI is InChI=1S/C31H32N2O3/c1-18-10-13-28-26(14-18)30(24-8-6-7-9-27(24)32-28)31(35)36-17-29(34)25-16-21(4)33(22(25)5)23-12-11-19(2)20(3)15-23/h6-9,11-12,15-16,18H,10,13-14,17H2,1-5H3. The van der Waals surface area contributed by atoms with Gasteiger partial charge in [-0.1, -0.05) is 31.2 Å². The maximum Gasteiger partial charge on any atom is 0.339 e. The van der Waals surface area contributed by atoms with Gasteiger partial charge in [0.2, 0.25) is 5.78 Å². The van der Waals surface area contributed by atoms with Crippen LogP contribution in [0.1, 0.15) is 67.8 Å². The fourth-order valence-corrected chi connectivity index (χ4v) is 5.38. The van der Waals surface area contributed by atoms with Gasteiger partial charge in [0.1, 0.15) is 0 Å². The molecule has 2 aromatic carbocycles. The number of pyridine rings is 1. The van der Waals surface area contributed by atoms with Crippen LogP contribution >= 0.6 is 0 Å². The first-order valence-electron chi connectivity index (χ1n) is 12.6. The fraction of sp³-hybridized carbons (Fsp3) is 0.323. The molecular weight excluding hydrogens is 448 g/mol. The van der Waals surface area contributed by atoms with Gasteiger partial charge < -0.3 is 9.30 Å². The van der Waals surface area contributed by atoms with Crippen molar-refractivity contribution < 1.29 is 14.3 Å². The zero-order valence-corrected chi connectivity index (χ0v) is 21.6. The minimum Gasteiger partial charge on any atom is -0.454 e. The predicted octanol–water partition coefficient (Wildman–Crippen LogP) is 6.42. The molecule has 0 fully saturated rings. The van der Waals surface area contributed by atoms with Crippen LogP contribution in [0.25, 0.3) is 16.6 Å². The van der Waals surface area contributed by atoms with Crippen LogP contribution in [0.2, 0.25) is 0 Å². The summed E-state index contributed by atoms with van der Waals surface area (Å²) in [5, 5.41) is 0.788. The number of hydrogen-bond donors (Lipinski definition) is 0. The molecule has 4 aromatic rings. The summed E-state index contributed by atoms with van der Waals surface area (Å²) in [7, 11) is 0. The molecule has 1 atom stereocenters. The van der Waals surface area contributed by atoms with Gasteiger partial charge >= 0.3 is 5.97 Å². The third kappa shape index (κ3) is 4.23. The lowest BCUT2D eigenvalue weighted by Crippen LogP contribution is -2.21. The van der Waals surface area contributed by atoms with Crippen LogP contribution in [-0.4, -0.2) is 27.9 Å². The van der Waals surface area contributed by atoms with Gasteiger partial charge in [-0.2, -0.15) is 0 Å². The molecule has 5 rings (SSSR count). The number of ketones is 1. The molecule has 1 aliphatic carbocycles. The first-order chi connectivity index (χ1) is 17.2. The van der Waals surface area contributed by atoms with E-state index in [1.54, 1.807) is 0 Å². The molecule has 0 aliphatic heterocycles. The number of ether oxygens (including phenoxy) is 1. The summed E-state index contributed by atoms with van der Waals surface area (Å²) in [6.07, 6.45) is 2.70. The highest BCUT2D eigenvalue weighted by Crippen LogP contribution is 2.32. The number of carbonyl (C=O) groups excluding carboxylic acids is 2. The van der Waals surface area contributed by atoms with Gasteiger partial charge in [-0.05, 0) is 93.8 Å². The van der Waals surface area contributed by atoms with E-state index in [2.05, 4.69) is 43.5 Å². The van der Waals surface area contributed by atoms with Crippen molar-refractivity contribution in [2.45, 2.75) is 53.9 Å². The second-order valence-corrected chi connectivity index (χ2v) is 10.2. The number of benzene rings is 2. The van der Waals surface area contributed by atoms with Crippen LogP contribution in [0.15, 0.2) is 48.5 Å². The van der Waals surface area contributed by atoms with Gasteiger partial charge in [0.25, 0.3) is 0 Å². The van der Waals surface area contributed by atoms with Crippen LogP contribution in [0.4, 0.5) is 0 Å². The number of aryl methyl sites for hydroxylation is 4. The summed E-state index contributed by atoms with van der Waals surface area (Å²) in [4.78, 5) is 31.5. The number of esters is 1.